The molecule has 9 heteroatoms. The number of carbonyl (C=O) groups excluding carboxylic acids is 2. The van der Waals surface area contributed by atoms with Crippen LogP contribution in [0.4, 0.5) is 5.69 Å². The van der Waals surface area contributed by atoms with Gasteiger partial charge in [-0.05, 0) is 62.7 Å². The molecule has 2 amide bonds. The standard InChI is InChI=1S/C21H25N3O5.ClH/c1-12-10-17(13-6-8-23-9-7-13)29-21(27)18(12)20(26)24-15-11-14(19(25)22-2)4-5-16(15)28-3;/h4-5,10-11,13,23H,6-9H2,1-3H3,(H,22,25)(H,24,26);1H. The van der Waals surface area contributed by atoms with Crippen molar-refractivity contribution in [3.8, 4) is 5.75 Å². The van der Waals surface area contributed by atoms with Crippen LogP contribution in [0.25, 0.3) is 0 Å². The second kappa shape index (κ2) is 10.3. The van der Waals surface area contributed by atoms with Gasteiger partial charge < -0.3 is 25.1 Å². The van der Waals surface area contributed by atoms with E-state index in [2.05, 4.69) is 16.0 Å². The molecule has 1 saturated heterocycles. The number of piperidine rings is 1. The van der Waals surface area contributed by atoms with Crippen LogP contribution in [0, 0.1) is 6.92 Å². The first-order valence-electron chi connectivity index (χ1n) is 9.51. The molecule has 0 radical (unpaired) electrons. The number of methoxy groups -OCH3 is 1. The Morgan fingerprint density at radius 3 is 2.47 bits per heavy atom. The Bertz CT molecular complexity index is 983. The average molecular weight is 436 g/mol. The van der Waals surface area contributed by atoms with Crippen LogP contribution in [0.5, 0.6) is 5.75 Å². The molecule has 2 heterocycles. The van der Waals surface area contributed by atoms with Crippen molar-refractivity contribution in [3.05, 3.63) is 57.1 Å². The zero-order chi connectivity index (χ0) is 21.0. The first-order chi connectivity index (χ1) is 13.9. The van der Waals surface area contributed by atoms with E-state index in [1.165, 1.54) is 20.2 Å². The largest absolute Gasteiger partial charge is 0.495 e. The SMILES string of the molecule is CNC(=O)c1ccc(OC)c(NC(=O)c2c(C)cc(C3CCNCC3)oc2=O)c1.Cl. The molecular weight excluding hydrogens is 410 g/mol. The summed E-state index contributed by atoms with van der Waals surface area (Å²) in [5, 5.41) is 8.46. The fourth-order valence-corrected chi connectivity index (χ4v) is 3.49. The zero-order valence-electron chi connectivity index (χ0n) is 17.2. The Labute approximate surface area is 180 Å². The average Bonchev–Trinajstić information content (AvgIpc) is 2.73. The minimum absolute atomic E-state index is 0. The summed E-state index contributed by atoms with van der Waals surface area (Å²) in [6, 6.07) is 6.43. The molecule has 0 spiro atoms. The summed E-state index contributed by atoms with van der Waals surface area (Å²) in [6.07, 6.45) is 1.77. The van der Waals surface area contributed by atoms with Crippen molar-refractivity contribution in [2.24, 2.45) is 0 Å². The predicted molar refractivity (Wildman–Crippen MR) is 116 cm³/mol. The van der Waals surface area contributed by atoms with Gasteiger partial charge in [-0.1, -0.05) is 0 Å². The maximum Gasteiger partial charge on any atom is 0.349 e. The van der Waals surface area contributed by atoms with Crippen molar-refractivity contribution < 1.29 is 18.7 Å². The highest BCUT2D eigenvalue weighted by atomic mass is 35.5. The van der Waals surface area contributed by atoms with Gasteiger partial charge in [0.1, 0.15) is 17.1 Å². The Morgan fingerprint density at radius 1 is 1.17 bits per heavy atom. The van der Waals surface area contributed by atoms with Gasteiger partial charge in [-0.3, -0.25) is 9.59 Å². The van der Waals surface area contributed by atoms with Crippen LogP contribution in [0.1, 0.15) is 50.8 Å². The van der Waals surface area contributed by atoms with E-state index < -0.39 is 11.5 Å². The van der Waals surface area contributed by atoms with Gasteiger partial charge in [0.2, 0.25) is 0 Å². The van der Waals surface area contributed by atoms with Gasteiger partial charge in [0.25, 0.3) is 11.8 Å². The number of amides is 2. The maximum atomic E-state index is 12.8. The predicted octanol–water partition coefficient (Wildman–Crippen LogP) is 2.46. The van der Waals surface area contributed by atoms with E-state index in [1.807, 2.05) is 0 Å². The molecule has 0 saturated carbocycles. The third-order valence-corrected chi connectivity index (χ3v) is 5.07. The number of rotatable bonds is 5. The molecule has 1 aliphatic rings. The second-order valence-electron chi connectivity index (χ2n) is 6.97. The van der Waals surface area contributed by atoms with Crippen molar-refractivity contribution in [1.29, 1.82) is 0 Å². The zero-order valence-corrected chi connectivity index (χ0v) is 18.0. The van der Waals surface area contributed by atoms with E-state index in [-0.39, 0.29) is 29.8 Å². The van der Waals surface area contributed by atoms with Gasteiger partial charge in [-0.25, -0.2) is 4.79 Å². The number of ether oxygens (including phenoxy) is 1. The molecule has 30 heavy (non-hydrogen) atoms. The number of hydrogen-bond acceptors (Lipinski definition) is 6. The third-order valence-electron chi connectivity index (χ3n) is 5.07. The fourth-order valence-electron chi connectivity index (χ4n) is 3.49. The van der Waals surface area contributed by atoms with Crippen molar-refractivity contribution >= 4 is 29.9 Å². The molecule has 1 aromatic heterocycles. The molecule has 1 fully saturated rings. The van der Waals surface area contributed by atoms with Gasteiger partial charge in [0, 0.05) is 18.5 Å². The van der Waals surface area contributed by atoms with Crippen molar-refractivity contribution in [2.45, 2.75) is 25.7 Å². The normalized spacial score (nSPS) is 13.8. The second-order valence-corrected chi connectivity index (χ2v) is 6.97. The summed E-state index contributed by atoms with van der Waals surface area (Å²) < 4.78 is 10.7. The highest BCUT2D eigenvalue weighted by Gasteiger charge is 2.23. The number of hydrogen-bond donors (Lipinski definition) is 3. The Morgan fingerprint density at radius 2 is 1.87 bits per heavy atom. The quantitative estimate of drug-likeness (QED) is 0.665. The van der Waals surface area contributed by atoms with Crippen LogP contribution in [-0.4, -0.2) is 39.1 Å². The molecule has 0 unspecified atom stereocenters. The van der Waals surface area contributed by atoms with Crippen LogP contribution in [0.3, 0.4) is 0 Å². The molecule has 1 aliphatic heterocycles. The number of benzene rings is 1. The van der Waals surface area contributed by atoms with E-state index in [1.54, 1.807) is 25.1 Å². The highest BCUT2D eigenvalue weighted by Crippen LogP contribution is 2.28. The van der Waals surface area contributed by atoms with Crippen LogP contribution in [0.2, 0.25) is 0 Å². The molecular formula is C21H26ClN3O5. The first kappa shape index (κ1) is 23.4. The van der Waals surface area contributed by atoms with Gasteiger partial charge in [-0.15, -0.1) is 12.4 Å². The molecule has 0 bridgehead atoms. The molecule has 8 nitrogen and oxygen atoms in total. The van der Waals surface area contributed by atoms with Gasteiger partial charge in [0.15, 0.2) is 0 Å². The topological polar surface area (TPSA) is 110 Å². The van der Waals surface area contributed by atoms with E-state index in [4.69, 9.17) is 9.15 Å². The molecule has 0 atom stereocenters. The van der Waals surface area contributed by atoms with Crippen LogP contribution >= 0.6 is 12.4 Å². The molecule has 3 N–H and O–H groups in total. The summed E-state index contributed by atoms with van der Waals surface area (Å²) in [7, 11) is 2.97. The summed E-state index contributed by atoms with van der Waals surface area (Å²) in [6.45, 7) is 3.46. The minimum atomic E-state index is -0.669. The molecule has 162 valence electrons. The minimum Gasteiger partial charge on any atom is -0.495 e. The number of anilines is 1. The fraction of sp³-hybridized carbons (Fsp3) is 0.381. The maximum absolute atomic E-state index is 12.8. The van der Waals surface area contributed by atoms with Crippen molar-refractivity contribution in [3.63, 3.8) is 0 Å². The van der Waals surface area contributed by atoms with Crippen molar-refractivity contribution in [1.82, 2.24) is 10.6 Å². The van der Waals surface area contributed by atoms with Gasteiger partial charge in [0.05, 0.1) is 12.8 Å². The van der Waals surface area contributed by atoms with E-state index in [9.17, 15) is 14.4 Å². The summed E-state index contributed by atoms with van der Waals surface area (Å²) >= 11 is 0. The Hall–Kier alpha value is -2.84. The van der Waals surface area contributed by atoms with E-state index in [0.29, 0.717) is 28.3 Å². The van der Waals surface area contributed by atoms with E-state index in [0.717, 1.165) is 25.9 Å². The Kier molecular flexibility index (Phi) is 8.02. The summed E-state index contributed by atoms with van der Waals surface area (Å²) in [5.74, 6) is 0.249. The van der Waals surface area contributed by atoms with Crippen LogP contribution < -0.4 is 26.3 Å². The number of nitrogens with one attached hydrogen (secondary N) is 3. The molecule has 2 aromatic rings. The number of aryl methyl sites for hydroxylation is 1. The highest BCUT2D eigenvalue weighted by molar-refractivity contribution is 6.06. The molecule has 3 rings (SSSR count). The Balaban J connectivity index is 0.00000320. The third kappa shape index (κ3) is 5.01. The monoisotopic (exact) mass is 435 g/mol. The smallest absolute Gasteiger partial charge is 0.349 e. The number of carbonyl (C=O) groups is 2. The van der Waals surface area contributed by atoms with Crippen molar-refractivity contribution in [2.75, 3.05) is 32.6 Å². The van der Waals surface area contributed by atoms with Crippen LogP contribution in [0.15, 0.2) is 33.5 Å². The number of halogens is 1. The van der Waals surface area contributed by atoms with E-state index >= 15 is 0 Å². The lowest BCUT2D eigenvalue weighted by molar-refractivity contribution is 0.0961. The lowest BCUT2D eigenvalue weighted by Crippen LogP contribution is -2.28. The molecule has 1 aromatic carbocycles. The summed E-state index contributed by atoms with van der Waals surface area (Å²) in [4.78, 5) is 37.3. The lowest BCUT2D eigenvalue weighted by atomic mass is 9.94. The molecule has 0 aliphatic carbocycles. The lowest BCUT2D eigenvalue weighted by Gasteiger charge is -2.22. The van der Waals surface area contributed by atoms with Gasteiger partial charge >= 0.3 is 5.63 Å². The first-order valence-corrected chi connectivity index (χ1v) is 9.51. The van der Waals surface area contributed by atoms with Gasteiger partial charge in [-0.2, -0.15) is 0 Å². The summed E-state index contributed by atoms with van der Waals surface area (Å²) in [5.41, 5.74) is 0.467. The van der Waals surface area contributed by atoms with Crippen LogP contribution in [-0.2, 0) is 0 Å².